The van der Waals surface area contributed by atoms with E-state index < -0.39 is 16.1 Å². The Labute approximate surface area is 230 Å². The molecule has 2 amide bonds. The molecular formula is C27H35Cl2N3O4S. The molecule has 1 fully saturated rings. The Morgan fingerprint density at radius 2 is 1.73 bits per heavy atom. The molecule has 0 aliphatic heterocycles. The molecule has 0 spiro atoms. The molecule has 37 heavy (non-hydrogen) atoms. The van der Waals surface area contributed by atoms with Crippen molar-refractivity contribution >= 4 is 50.7 Å². The van der Waals surface area contributed by atoms with E-state index in [4.69, 9.17) is 23.2 Å². The van der Waals surface area contributed by atoms with Gasteiger partial charge in [0.1, 0.15) is 6.04 Å². The standard InChI is InChI=1S/C27H35Cl2N3O4S/c1-19-24(29)10-6-11-25(19)32(37(3,35)36)17-7-12-26(33)31(18-21-13-15-22(28)16-14-21)20(2)27(34)30-23-8-4-5-9-23/h6,10-11,13-16,20,23H,4-5,7-9,12,17-18H2,1-3H3,(H,30,34)/t20-/m1/s1. The number of nitrogens with one attached hydrogen (secondary N) is 1. The van der Waals surface area contributed by atoms with E-state index in [1.807, 2.05) is 12.1 Å². The van der Waals surface area contributed by atoms with Crippen LogP contribution in [0.3, 0.4) is 0 Å². The lowest BCUT2D eigenvalue weighted by atomic mass is 10.1. The number of sulfonamides is 1. The summed E-state index contributed by atoms with van der Waals surface area (Å²) in [6.45, 7) is 3.86. The number of hydrogen-bond donors (Lipinski definition) is 1. The van der Waals surface area contributed by atoms with E-state index in [9.17, 15) is 18.0 Å². The van der Waals surface area contributed by atoms with Crippen molar-refractivity contribution in [1.29, 1.82) is 0 Å². The number of carbonyl (C=O) groups is 2. The van der Waals surface area contributed by atoms with Gasteiger partial charge in [-0.1, -0.05) is 54.2 Å². The van der Waals surface area contributed by atoms with Crippen LogP contribution in [-0.2, 0) is 26.2 Å². The minimum Gasteiger partial charge on any atom is -0.352 e. The van der Waals surface area contributed by atoms with Gasteiger partial charge in [0.2, 0.25) is 21.8 Å². The van der Waals surface area contributed by atoms with Crippen molar-refractivity contribution in [3.05, 3.63) is 63.6 Å². The maximum Gasteiger partial charge on any atom is 0.242 e. The summed E-state index contributed by atoms with van der Waals surface area (Å²) in [6, 6.07) is 11.7. The summed E-state index contributed by atoms with van der Waals surface area (Å²) >= 11 is 12.2. The summed E-state index contributed by atoms with van der Waals surface area (Å²) in [6.07, 6.45) is 5.59. The smallest absolute Gasteiger partial charge is 0.242 e. The molecule has 1 atom stereocenters. The zero-order valence-corrected chi connectivity index (χ0v) is 23.9. The molecule has 0 radical (unpaired) electrons. The molecule has 1 N–H and O–H groups in total. The summed E-state index contributed by atoms with van der Waals surface area (Å²) in [5.74, 6) is -0.401. The van der Waals surface area contributed by atoms with Gasteiger partial charge in [0, 0.05) is 35.6 Å². The predicted molar refractivity (Wildman–Crippen MR) is 149 cm³/mol. The van der Waals surface area contributed by atoms with Crippen LogP contribution >= 0.6 is 23.2 Å². The van der Waals surface area contributed by atoms with E-state index in [0.717, 1.165) is 37.5 Å². The third-order valence-corrected chi connectivity index (χ3v) is 8.64. The van der Waals surface area contributed by atoms with Gasteiger partial charge in [-0.05, 0) is 68.5 Å². The molecule has 7 nitrogen and oxygen atoms in total. The van der Waals surface area contributed by atoms with Gasteiger partial charge in [0.15, 0.2) is 0 Å². The van der Waals surface area contributed by atoms with E-state index in [0.29, 0.717) is 21.3 Å². The third kappa shape index (κ3) is 8.09. The molecule has 1 aliphatic rings. The predicted octanol–water partition coefficient (Wildman–Crippen LogP) is 5.32. The number of benzene rings is 2. The van der Waals surface area contributed by atoms with Crippen molar-refractivity contribution in [2.75, 3.05) is 17.1 Å². The van der Waals surface area contributed by atoms with E-state index >= 15 is 0 Å². The first-order valence-electron chi connectivity index (χ1n) is 12.5. The van der Waals surface area contributed by atoms with Crippen molar-refractivity contribution < 1.29 is 18.0 Å². The van der Waals surface area contributed by atoms with Crippen molar-refractivity contribution in [1.82, 2.24) is 10.2 Å². The largest absolute Gasteiger partial charge is 0.352 e. The van der Waals surface area contributed by atoms with Crippen LogP contribution in [-0.4, -0.2) is 50.0 Å². The fourth-order valence-electron chi connectivity index (χ4n) is 4.61. The van der Waals surface area contributed by atoms with Crippen molar-refractivity contribution in [3.8, 4) is 0 Å². The first-order valence-corrected chi connectivity index (χ1v) is 15.1. The van der Waals surface area contributed by atoms with Crippen LogP contribution in [0.2, 0.25) is 10.0 Å². The van der Waals surface area contributed by atoms with Crippen LogP contribution in [0.15, 0.2) is 42.5 Å². The molecule has 1 aliphatic carbocycles. The molecule has 202 valence electrons. The Morgan fingerprint density at radius 1 is 1.08 bits per heavy atom. The van der Waals surface area contributed by atoms with Gasteiger partial charge in [-0.25, -0.2) is 8.42 Å². The van der Waals surface area contributed by atoms with Crippen LogP contribution in [0.5, 0.6) is 0 Å². The summed E-state index contributed by atoms with van der Waals surface area (Å²) in [5, 5.41) is 4.14. The quantitative estimate of drug-likeness (QED) is 0.398. The normalized spacial score (nSPS) is 14.8. The second kappa shape index (κ2) is 13.0. The number of nitrogens with zero attached hydrogens (tertiary/aromatic N) is 2. The van der Waals surface area contributed by atoms with Crippen LogP contribution < -0.4 is 9.62 Å². The van der Waals surface area contributed by atoms with Crippen molar-refractivity contribution in [2.45, 2.75) is 71.0 Å². The Morgan fingerprint density at radius 3 is 2.35 bits per heavy atom. The lowest BCUT2D eigenvalue weighted by Gasteiger charge is -2.30. The molecule has 10 heteroatoms. The maximum absolute atomic E-state index is 13.4. The molecule has 0 bridgehead atoms. The molecule has 3 rings (SSSR count). The third-order valence-electron chi connectivity index (χ3n) is 6.79. The van der Waals surface area contributed by atoms with Gasteiger partial charge >= 0.3 is 0 Å². The second-order valence-corrected chi connectivity index (χ2v) is 12.4. The number of rotatable bonds is 11. The van der Waals surface area contributed by atoms with Gasteiger partial charge in [0.05, 0.1) is 11.9 Å². The first-order chi connectivity index (χ1) is 17.5. The highest BCUT2D eigenvalue weighted by molar-refractivity contribution is 7.92. The molecule has 0 aromatic heterocycles. The molecule has 0 unspecified atom stereocenters. The zero-order chi connectivity index (χ0) is 27.2. The molecule has 2 aromatic carbocycles. The Kier molecular flexibility index (Phi) is 10.3. The molecule has 0 saturated heterocycles. The van der Waals surface area contributed by atoms with Gasteiger partial charge in [-0.3, -0.25) is 13.9 Å². The number of halogens is 2. The van der Waals surface area contributed by atoms with Gasteiger partial charge in [0.25, 0.3) is 0 Å². The highest BCUT2D eigenvalue weighted by Gasteiger charge is 2.29. The minimum atomic E-state index is -3.60. The lowest BCUT2D eigenvalue weighted by Crippen LogP contribution is -2.49. The van der Waals surface area contributed by atoms with Crippen molar-refractivity contribution in [2.24, 2.45) is 0 Å². The van der Waals surface area contributed by atoms with Crippen LogP contribution in [0.1, 0.15) is 56.6 Å². The van der Waals surface area contributed by atoms with Crippen LogP contribution in [0.4, 0.5) is 5.69 Å². The highest BCUT2D eigenvalue weighted by Crippen LogP contribution is 2.28. The summed E-state index contributed by atoms with van der Waals surface area (Å²) in [7, 11) is -3.60. The molecule has 0 heterocycles. The SMILES string of the molecule is Cc1c(Cl)cccc1N(CCCC(=O)N(Cc1ccc(Cl)cc1)[C@H](C)C(=O)NC1CCCC1)S(C)(=O)=O. The van der Waals surface area contributed by atoms with Crippen LogP contribution in [0, 0.1) is 6.92 Å². The van der Waals surface area contributed by atoms with E-state index in [-0.39, 0.29) is 43.8 Å². The first kappa shape index (κ1) is 29.3. The van der Waals surface area contributed by atoms with E-state index in [1.165, 1.54) is 4.31 Å². The maximum atomic E-state index is 13.4. The van der Waals surface area contributed by atoms with Gasteiger partial charge in [-0.15, -0.1) is 0 Å². The number of hydrogen-bond acceptors (Lipinski definition) is 4. The number of amides is 2. The van der Waals surface area contributed by atoms with Gasteiger partial charge < -0.3 is 10.2 Å². The van der Waals surface area contributed by atoms with Crippen LogP contribution in [0.25, 0.3) is 0 Å². The second-order valence-electron chi connectivity index (χ2n) is 9.64. The molecular weight excluding hydrogens is 533 g/mol. The highest BCUT2D eigenvalue weighted by atomic mass is 35.5. The molecule has 2 aromatic rings. The average Bonchev–Trinajstić information content (AvgIpc) is 3.35. The van der Waals surface area contributed by atoms with E-state index in [2.05, 4.69) is 5.32 Å². The Bertz CT molecular complexity index is 1200. The fourth-order valence-corrected chi connectivity index (χ4v) is 5.92. The molecule has 1 saturated carbocycles. The topological polar surface area (TPSA) is 86.8 Å². The monoisotopic (exact) mass is 567 g/mol. The Hall–Kier alpha value is -2.29. The van der Waals surface area contributed by atoms with E-state index in [1.54, 1.807) is 49.1 Å². The van der Waals surface area contributed by atoms with Gasteiger partial charge in [-0.2, -0.15) is 0 Å². The summed E-state index contributed by atoms with van der Waals surface area (Å²) in [4.78, 5) is 28.0. The summed E-state index contributed by atoms with van der Waals surface area (Å²) < 4.78 is 26.4. The van der Waals surface area contributed by atoms with Crippen molar-refractivity contribution in [3.63, 3.8) is 0 Å². The fraction of sp³-hybridized carbons (Fsp3) is 0.481. The number of carbonyl (C=O) groups excluding carboxylic acids is 2. The minimum absolute atomic E-state index is 0.0836. The zero-order valence-electron chi connectivity index (χ0n) is 21.5. The lowest BCUT2D eigenvalue weighted by molar-refractivity contribution is -0.141. The average molecular weight is 569 g/mol. The Balaban J connectivity index is 1.73. The number of anilines is 1. The summed E-state index contributed by atoms with van der Waals surface area (Å²) in [5.41, 5.74) is 2.00.